The van der Waals surface area contributed by atoms with Gasteiger partial charge in [0.2, 0.25) is 0 Å². The van der Waals surface area contributed by atoms with Crippen LogP contribution in [0.3, 0.4) is 0 Å². The van der Waals surface area contributed by atoms with Gasteiger partial charge in [-0.05, 0) is 13.0 Å². The van der Waals surface area contributed by atoms with E-state index in [1.807, 2.05) is 37.3 Å². The summed E-state index contributed by atoms with van der Waals surface area (Å²) >= 11 is 0. The van der Waals surface area contributed by atoms with Crippen molar-refractivity contribution in [3.05, 3.63) is 53.6 Å². The molecule has 1 aromatic carbocycles. The lowest BCUT2D eigenvalue weighted by molar-refractivity contribution is 0.362. The van der Waals surface area contributed by atoms with Crippen molar-refractivity contribution in [1.29, 1.82) is 5.26 Å². The largest absolute Gasteiger partial charge is 0.478 e. The Morgan fingerprint density at radius 2 is 2.05 bits per heavy atom. The van der Waals surface area contributed by atoms with Crippen LogP contribution in [0.1, 0.15) is 17.0 Å². The summed E-state index contributed by atoms with van der Waals surface area (Å²) in [5, 5.41) is 11.8. The number of benzene rings is 1. The summed E-state index contributed by atoms with van der Waals surface area (Å²) in [5.41, 5.74) is 2.82. The first-order chi connectivity index (χ1) is 9.79. The Morgan fingerprint density at radius 1 is 1.20 bits per heavy atom. The maximum Gasteiger partial charge on any atom is 0.174 e. The van der Waals surface area contributed by atoms with Gasteiger partial charge in [-0.25, -0.2) is 0 Å². The van der Waals surface area contributed by atoms with Gasteiger partial charge < -0.3 is 10.1 Å². The molecule has 0 saturated carbocycles. The summed E-state index contributed by atoms with van der Waals surface area (Å²) in [5.74, 6) is 0.733. The molecule has 0 atom stereocenters. The van der Waals surface area contributed by atoms with Gasteiger partial charge in [0, 0.05) is 31.0 Å². The highest BCUT2D eigenvalue weighted by Crippen LogP contribution is 2.17. The molecule has 1 N–H and O–H groups in total. The minimum atomic E-state index is 0.0560. The van der Waals surface area contributed by atoms with Crippen LogP contribution in [0.5, 0.6) is 5.75 Å². The molecule has 1 heterocycles. The van der Waals surface area contributed by atoms with Gasteiger partial charge >= 0.3 is 0 Å². The molecule has 0 saturated heterocycles. The zero-order chi connectivity index (χ0) is 14.2. The van der Waals surface area contributed by atoms with Crippen LogP contribution in [0.25, 0.3) is 0 Å². The van der Waals surface area contributed by atoms with Gasteiger partial charge in [0.05, 0.1) is 11.4 Å². The topological polar surface area (TPSA) is 70.8 Å². The third-order valence-electron chi connectivity index (χ3n) is 2.72. The molecule has 1 aromatic heterocycles. The van der Waals surface area contributed by atoms with Crippen molar-refractivity contribution in [2.24, 2.45) is 0 Å². The molecule has 0 spiro atoms. The second kappa shape index (κ2) is 7.22. The SMILES string of the molecule is Cc1cnc(CNCc2ccccc2OCC#N)cn1. The highest BCUT2D eigenvalue weighted by Gasteiger charge is 2.03. The molecule has 2 aromatic rings. The smallest absolute Gasteiger partial charge is 0.174 e. The van der Waals surface area contributed by atoms with E-state index in [1.165, 1.54) is 0 Å². The first-order valence-electron chi connectivity index (χ1n) is 6.35. The van der Waals surface area contributed by atoms with Crippen LogP contribution < -0.4 is 10.1 Å². The molecule has 0 aliphatic heterocycles. The normalized spacial score (nSPS) is 10.0. The van der Waals surface area contributed by atoms with Crippen LogP contribution in [-0.2, 0) is 13.1 Å². The first kappa shape index (κ1) is 14.0. The molecule has 20 heavy (non-hydrogen) atoms. The average Bonchev–Trinajstić information content (AvgIpc) is 2.48. The lowest BCUT2D eigenvalue weighted by atomic mass is 10.2. The maximum atomic E-state index is 8.56. The molecular weight excluding hydrogens is 252 g/mol. The predicted molar refractivity (Wildman–Crippen MR) is 74.9 cm³/mol. The summed E-state index contributed by atoms with van der Waals surface area (Å²) in [6.07, 6.45) is 3.52. The van der Waals surface area contributed by atoms with E-state index in [9.17, 15) is 0 Å². The number of rotatable bonds is 6. The minimum Gasteiger partial charge on any atom is -0.478 e. The first-order valence-corrected chi connectivity index (χ1v) is 6.35. The number of nitrogens with zero attached hydrogens (tertiary/aromatic N) is 3. The van der Waals surface area contributed by atoms with Crippen LogP contribution in [0, 0.1) is 18.3 Å². The molecule has 102 valence electrons. The summed E-state index contributed by atoms with van der Waals surface area (Å²) in [6.45, 7) is 3.25. The Balaban J connectivity index is 1.90. The van der Waals surface area contributed by atoms with E-state index >= 15 is 0 Å². The molecule has 0 aliphatic rings. The molecule has 5 nitrogen and oxygen atoms in total. The van der Waals surface area contributed by atoms with Gasteiger partial charge in [-0.15, -0.1) is 0 Å². The average molecular weight is 268 g/mol. The van der Waals surface area contributed by atoms with Crippen molar-refractivity contribution >= 4 is 0 Å². The second-order valence-electron chi connectivity index (χ2n) is 4.31. The molecule has 0 bridgehead atoms. The molecule has 0 fully saturated rings. The van der Waals surface area contributed by atoms with Crippen LogP contribution in [-0.4, -0.2) is 16.6 Å². The van der Waals surface area contributed by atoms with E-state index in [1.54, 1.807) is 12.4 Å². The third-order valence-corrected chi connectivity index (χ3v) is 2.72. The minimum absolute atomic E-state index is 0.0560. The Kier molecular flexibility index (Phi) is 5.04. The summed E-state index contributed by atoms with van der Waals surface area (Å²) in [6, 6.07) is 9.64. The van der Waals surface area contributed by atoms with E-state index in [4.69, 9.17) is 10.00 Å². The zero-order valence-corrected chi connectivity index (χ0v) is 11.3. The van der Waals surface area contributed by atoms with Crippen molar-refractivity contribution in [2.45, 2.75) is 20.0 Å². The Bertz CT molecular complexity index is 590. The fourth-order valence-corrected chi connectivity index (χ4v) is 1.74. The molecular formula is C15H16N4O. The van der Waals surface area contributed by atoms with Gasteiger partial charge in [-0.1, -0.05) is 18.2 Å². The van der Waals surface area contributed by atoms with Crippen LogP contribution in [0.4, 0.5) is 0 Å². The fraction of sp³-hybridized carbons (Fsp3) is 0.267. The van der Waals surface area contributed by atoms with E-state index in [-0.39, 0.29) is 6.61 Å². The molecule has 0 radical (unpaired) electrons. The number of hydrogen-bond acceptors (Lipinski definition) is 5. The predicted octanol–water partition coefficient (Wildman–Crippen LogP) is 1.98. The maximum absolute atomic E-state index is 8.56. The Hall–Kier alpha value is -2.45. The van der Waals surface area contributed by atoms with E-state index < -0.39 is 0 Å². The van der Waals surface area contributed by atoms with E-state index in [0.29, 0.717) is 13.1 Å². The molecule has 5 heteroatoms. The van der Waals surface area contributed by atoms with Gasteiger partial charge in [0.1, 0.15) is 11.8 Å². The van der Waals surface area contributed by atoms with Crippen molar-refractivity contribution in [1.82, 2.24) is 15.3 Å². The quantitative estimate of drug-likeness (QED) is 0.867. The van der Waals surface area contributed by atoms with E-state index in [2.05, 4.69) is 15.3 Å². The van der Waals surface area contributed by atoms with Gasteiger partial charge in [0.25, 0.3) is 0 Å². The zero-order valence-electron chi connectivity index (χ0n) is 11.3. The fourth-order valence-electron chi connectivity index (χ4n) is 1.74. The molecule has 0 aliphatic carbocycles. The van der Waals surface area contributed by atoms with Gasteiger partial charge in [-0.3, -0.25) is 9.97 Å². The van der Waals surface area contributed by atoms with Crippen molar-refractivity contribution < 1.29 is 4.74 Å². The number of aryl methyl sites for hydroxylation is 1. The second-order valence-corrected chi connectivity index (χ2v) is 4.31. The molecule has 2 rings (SSSR count). The summed E-state index contributed by atoms with van der Waals surface area (Å²) in [4.78, 5) is 8.48. The number of aromatic nitrogens is 2. The molecule has 0 amide bonds. The summed E-state index contributed by atoms with van der Waals surface area (Å²) < 4.78 is 5.38. The highest BCUT2D eigenvalue weighted by atomic mass is 16.5. The standard InChI is InChI=1S/C15H16N4O/c1-12-8-19-14(11-18-12)10-17-9-13-4-2-3-5-15(13)20-7-6-16/h2-5,8,11,17H,7,9-10H2,1H3. The van der Waals surface area contributed by atoms with Gasteiger partial charge in [-0.2, -0.15) is 5.26 Å². The van der Waals surface area contributed by atoms with Crippen LogP contribution in [0.2, 0.25) is 0 Å². The van der Waals surface area contributed by atoms with Crippen molar-refractivity contribution in [2.75, 3.05) is 6.61 Å². The van der Waals surface area contributed by atoms with Crippen molar-refractivity contribution in [3.8, 4) is 11.8 Å². The Morgan fingerprint density at radius 3 is 2.80 bits per heavy atom. The lowest BCUT2D eigenvalue weighted by Gasteiger charge is -2.10. The third kappa shape index (κ3) is 4.04. The van der Waals surface area contributed by atoms with Crippen LogP contribution >= 0.6 is 0 Å². The monoisotopic (exact) mass is 268 g/mol. The Labute approximate surface area is 118 Å². The summed E-state index contributed by atoms with van der Waals surface area (Å²) in [7, 11) is 0. The van der Waals surface area contributed by atoms with Gasteiger partial charge in [0.15, 0.2) is 6.61 Å². The van der Waals surface area contributed by atoms with E-state index in [0.717, 1.165) is 22.7 Å². The number of nitriles is 1. The number of ether oxygens (including phenoxy) is 1. The highest BCUT2D eigenvalue weighted by molar-refractivity contribution is 5.33. The number of nitrogens with one attached hydrogen (secondary N) is 1. The van der Waals surface area contributed by atoms with Crippen LogP contribution in [0.15, 0.2) is 36.7 Å². The van der Waals surface area contributed by atoms with Crippen molar-refractivity contribution in [3.63, 3.8) is 0 Å². The number of hydrogen-bond donors (Lipinski definition) is 1. The number of para-hydroxylation sites is 1. The molecule has 0 unspecified atom stereocenters. The lowest BCUT2D eigenvalue weighted by Crippen LogP contribution is -2.14.